The van der Waals surface area contributed by atoms with Crippen LogP contribution < -0.4 is 0 Å². The van der Waals surface area contributed by atoms with Gasteiger partial charge in [-0.15, -0.1) is 0 Å². The summed E-state index contributed by atoms with van der Waals surface area (Å²) in [7, 11) is 0. The van der Waals surface area contributed by atoms with Gasteiger partial charge in [-0.1, -0.05) is 0 Å². The van der Waals surface area contributed by atoms with Gasteiger partial charge in [0.2, 0.25) is 0 Å². The zero-order valence-electron chi connectivity index (χ0n) is 11.2. The third kappa shape index (κ3) is 3.82. The highest BCUT2D eigenvalue weighted by Crippen LogP contribution is 2.20. The van der Waals surface area contributed by atoms with Crippen molar-refractivity contribution < 1.29 is 9.53 Å². The highest BCUT2D eigenvalue weighted by molar-refractivity contribution is 14.1. The van der Waals surface area contributed by atoms with Crippen molar-refractivity contribution in [3.05, 3.63) is 49.3 Å². The summed E-state index contributed by atoms with van der Waals surface area (Å²) in [6.07, 6.45) is 0. The maximum Gasteiger partial charge on any atom is 0.339 e. The van der Waals surface area contributed by atoms with Gasteiger partial charge in [-0.25, -0.2) is 4.79 Å². The largest absolute Gasteiger partial charge is 0.460 e. The van der Waals surface area contributed by atoms with Crippen molar-refractivity contribution >= 4 is 44.5 Å². The molecule has 0 unspecified atom stereocenters. The van der Waals surface area contributed by atoms with E-state index in [-0.39, 0.29) is 5.97 Å². The van der Waals surface area contributed by atoms with Gasteiger partial charge in [-0.3, -0.25) is 4.68 Å². The van der Waals surface area contributed by atoms with E-state index >= 15 is 0 Å². The second-order valence-corrected chi connectivity index (χ2v) is 6.51. The second kappa shape index (κ2) is 6.71. The van der Waals surface area contributed by atoms with Gasteiger partial charge in [0, 0.05) is 13.7 Å². The van der Waals surface area contributed by atoms with E-state index in [9.17, 15) is 4.79 Å². The van der Waals surface area contributed by atoms with Crippen LogP contribution in [0.15, 0.2) is 28.7 Å². The van der Waals surface area contributed by atoms with E-state index in [1.54, 1.807) is 6.07 Å². The molecule has 1 aromatic heterocycles. The van der Waals surface area contributed by atoms with Gasteiger partial charge in [-0.05, 0) is 76.6 Å². The molecule has 0 radical (unpaired) electrons. The Morgan fingerprint density at radius 1 is 1.40 bits per heavy atom. The summed E-state index contributed by atoms with van der Waals surface area (Å²) >= 11 is 5.53. The van der Waals surface area contributed by atoms with Crippen molar-refractivity contribution in [2.75, 3.05) is 6.61 Å². The lowest BCUT2D eigenvalue weighted by Crippen LogP contribution is -2.13. The molecule has 4 nitrogen and oxygen atoms in total. The molecule has 2 aromatic rings. The Kier molecular flexibility index (Phi) is 5.20. The lowest BCUT2D eigenvalue weighted by molar-refractivity contribution is 0.0485. The Labute approximate surface area is 139 Å². The topological polar surface area (TPSA) is 44.1 Å². The summed E-state index contributed by atoms with van der Waals surface area (Å²) in [5.74, 6) is -0.322. The first-order valence-corrected chi connectivity index (χ1v) is 7.98. The molecule has 0 saturated heterocycles. The minimum Gasteiger partial charge on any atom is -0.460 e. The van der Waals surface area contributed by atoms with Crippen LogP contribution in [-0.2, 0) is 11.3 Å². The molecule has 1 heterocycles. The monoisotopic (exact) mass is 448 g/mol. The molecule has 2 rings (SSSR count). The van der Waals surface area contributed by atoms with E-state index in [4.69, 9.17) is 4.74 Å². The maximum absolute atomic E-state index is 12.0. The van der Waals surface area contributed by atoms with E-state index in [2.05, 4.69) is 43.6 Å². The molecule has 0 aliphatic rings. The molecular weight excluding hydrogens is 435 g/mol. The summed E-state index contributed by atoms with van der Waals surface area (Å²) in [6, 6.07) is 7.57. The number of hydrogen-bond donors (Lipinski definition) is 0. The number of carbonyl (C=O) groups excluding carboxylic acids is 1. The Hall–Kier alpha value is -0.890. The van der Waals surface area contributed by atoms with Crippen LogP contribution in [0.4, 0.5) is 0 Å². The Balaban J connectivity index is 1.95. The van der Waals surface area contributed by atoms with Crippen LogP contribution >= 0.6 is 38.5 Å². The minimum atomic E-state index is -0.322. The molecule has 0 N–H and O–H groups in total. The van der Waals surface area contributed by atoms with Crippen LogP contribution in [-0.4, -0.2) is 22.4 Å². The summed E-state index contributed by atoms with van der Waals surface area (Å²) in [5, 5.41) is 4.33. The maximum atomic E-state index is 12.0. The molecule has 0 bridgehead atoms. The SMILES string of the molecule is Cc1cc(C)n(CCOC(=O)c2cc(I)ccc2Br)n1. The van der Waals surface area contributed by atoms with Gasteiger partial charge >= 0.3 is 5.97 Å². The number of ether oxygens (including phenoxy) is 1. The van der Waals surface area contributed by atoms with Crippen molar-refractivity contribution in [1.29, 1.82) is 0 Å². The molecule has 0 saturated carbocycles. The number of aromatic nitrogens is 2. The van der Waals surface area contributed by atoms with Gasteiger partial charge in [0.05, 0.1) is 17.8 Å². The van der Waals surface area contributed by atoms with Crippen LogP contribution in [0.25, 0.3) is 0 Å². The number of esters is 1. The first-order chi connectivity index (χ1) is 9.47. The van der Waals surface area contributed by atoms with Gasteiger partial charge in [-0.2, -0.15) is 5.10 Å². The Morgan fingerprint density at radius 2 is 2.15 bits per heavy atom. The third-order valence-electron chi connectivity index (χ3n) is 2.79. The number of aryl methyl sites for hydroxylation is 2. The first-order valence-electron chi connectivity index (χ1n) is 6.10. The zero-order chi connectivity index (χ0) is 14.7. The smallest absolute Gasteiger partial charge is 0.339 e. The van der Waals surface area contributed by atoms with Crippen molar-refractivity contribution in [3.8, 4) is 0 Å². The van der Waals surface area contributed by atoms with E-state index < -0.39 is 0 Å². The predicted octanol–water partition coefficient (Wildman–Crippen LogP) is 3.72. The number of halogens is 2. The van der Waals surface area contributed by atoms with E-state index in [1.165, 1.54) is 0 Å². The number of hydrogen-bond acceptors (Lipinski definition) is 3. The highest BCUT2D eigenvalue weighted by atomic mass is 127. The number of nitrogens with zero attached hydrogens (tertiary/aromatic N) is 2. The average Bonchev–Trinajstić information content (AvgIpc) is 2.71. The summed E-state index contributed by atoms with van der Waals surface area (Å²) in [5.41, 5.74) is 2.58. The van der Waals surface area contributed by atoms with E-state index in [1.807, 2.05) is 36.7 Å². The number of rotatable bonds is 4. The highest BCUT2D eigenvalue weighted by Gasteiger charge is 2.12. The molecule has 1 aromatic carbocycles. The molecule has 106 valence electrons. The van der Waals surface area contributed by atoms with Gasteiger partial charge in [0.1, 0.15) is 6.61 Å². The van der Waals surface area contributed by atoms with Crippen LogP contribution in [0.1, 0.15) is 21.7 Å². The molecule has 6 heteroatoms. The summed E-state index contributed by atoms with van der Waals surface area (Å²) in [6.45, 7) is 4.79. The van der Waals surface area contributed by atoms with Gasteiger partial charge in [0.25, 0.3) is 0 Å². The predicted molar refractivity (Wildman–Crippen MR) is 88.8 cm³/mol. The van der Waals surface area contributed by atoms with E-state index in [0.29, 0.717) is 18.7 Å². The fraction of sp³-hybridized carbons (Fsp3) is 0.286. The zero-order valence-corrected chi connectivity index (χ0v) is 14.9. The molecule has 0 spiro atoms. The molecule has 0 atom stereocenters. The minimum absolute atomic E-state index is 0.304. The molecule has 0 amide bonds. The Morgan fingerprint density at radius 3 is 2.80 bits per heavy atom. The molecule has 0 fully saturated rings. The van der Waals surface area contributed by atoms with Crippen molar-refractivity contribution in [2.45, 2.75) is 20.4 Å². The third-order valence-corrected chi connectivity index (χ3v) is 4.15. The van der Waals surface area contributed by atoms with Gasteiger partial charge < -0.3 is 4.74 Å². The van der Waals surface area contributed by atoms with E-state index in [0.717, 1.165) is 19.4 Å². The van der Waals surface area contributed by atoms with Crippen molar-refractivity contribution in [3.63, 3.8) is 0 Å². The molecule has 0 aliphatic carbocycles. The van der Waals surface area contributed by atoms with Crippen molar-refractivity contribution in [2.24, 2.45) is 0 Å². The van der Waals surface area contributed by atoms with Crippen LogP contribution in [0, 0.1) is 17.4 Å². The lowest BCUT2D eigenvalue weighted by atomic mass is 10.2. The standard InChI is InChI=1S/C14H14BrIN2O2/c1-9-7-10(2)18(17-9)5-6-20-14(19)12-8-11(16)3-4-13(12)15/h3-4,7-8H,5-6H2,1-2H3. The summed E-state index contributed by atoms with van der Waals surface area (Å²) < 4.78 is 8.88. The molecule has 20 heavy (non-hydrogen) atoms. The molecule has 0 aliphatic heterocycles. The normalized spacial score (nSPS) is 10.6. The van der Waals surface area contributed by atoms with Crippen molar-refractivity contribution in [1.82, 2.24) is 9.78 Å². The lowest BCUT2D eigenvalue weighted by Gasteiger charge is -2.08. The Bertz CT molecular complexity index is 640. The summed E-state index contributed by atoms with van der Waals surface area (Å²) in [4.78, 5) is 12.0. The second-order valence-electron chi connectivity index (χ2n) is 4.41. The quantitative estimate of drug-likeness (QED) is 0.528. The van der Waals surface area contributed by atoms with Gasteiger partial charge in [0.15, 0.2) is 0 Å². The molecular formula is C14H14BrIN2O2. The number of carbonyl (C=O) groups is 1. The van der Waals surface area contributed by atoms with Crippen LogP contribution in [0.3, 0.4) is 0 Å². The number of benzene rings is 1. The van der Waals surface area contributed by atoms with Crippen LogP contribution in [0.2, 0.25) is 0 Å². The van der Waals surface area contributed by atoms with Crippen LogP contribution in [0.5, 0.6) is 0 Å². The first kappa shape index (κ1) is 15.5. The average molecular weight is 449 g/mol. The fourth-order valence-corrected chi connectivity index (χ4v) is 2.76. The fourth-order valence-electron chi connectivity index (χ4n) is 1.86.